The third-order valence-corrected chi connectivity index (χ3v) is 3.46. The van der Waals surface area contributed by atoms with Crippen LogP contribution in [0.25, 0.3) is 0 Å². The van der Waals surface area contributed by atoms with Crippen molar-refractivity contribution >= 4 is 11.6 Å². The van der Waals surface area contributed by atoms with Crippen LogP contribution in [0.2, 0.25) is 0 Å². The number of aryl methyl sites for hydroxylation is 3. The molecule has 0 radical (unpaired) electrons. The molecule has 16 heavy (non-hydrogen) atoms. The van der Waals surface area contributed by atoms with Crippen LogP contribution in [0.3, 0.4) is 0 Å². The van der Waals surface area contributed by atoms with Crippen LogP contribution in [0, 0.1) is 20.8 Å². The van der Waals surface area contributed by atoms with Gasteiger partial charge in [-0.2, -0.15) is 0 Å². The highest BCUT2D eigenvalue weighted by molar-refractivity contribution is 6.18. The number of rotatable bonds is 5. The Labute approximate surface area is 104 Å². The molecule has 1 aromatic rings. The van der Waals surface area contributed by atoms with Gasteiger partial charge in [0.1, 0.15) is 0 Å². The Morgan fingerprint density at radius 2 is 1.75 bits per heavy atom. The van der Waals surface area contributed by atoms with Crippen molar-refractivity contribution in [2.75, 3.05) is 5.88 Å². The highest BCUT2D eigenvalue weighted by Crippen LogP contribution is 2.16. The number of benzene rings is 1. The molecule has 0 bridgehead atoms. The molecule has 2 heteroatoms. The maximum atomic E-state index is 5.88. The molecule has 1 nitrogen and oxygen atoms in total. The van der Waals surface area contributed by atoms with E-state index < -0.39 is 0 Å². The highest BCUT2D eigenvalue weighted by Gasteiger charge is 2.07. The topological polar surface area (TPSA) is 12.0 Å². The normalized spacial score (nSPS) is 12.8. The number of hydrogen-bond acceptors (Lipinski definition) is 1. The molecule has 0 saturated carbocycles. The summed E-state index contributed by atoms with van der Waals surface area (Å²) in [7, 11) is 0. The zero-order valence-corrected chi connectivity index (χ0v) is 11.5. The lowest BCUT2D eigenvalue weighted by molar-refractivity contribution is 0.537. The zero-order valence-electron chi connectivity index (χ0n) is 10.7. The third kappa shape index (κ3) is 3.50. The molecule has 1 atom stereocenters. The summed E-state index contributed by atoms with van der Waals surface area (Å²) in [4.78, 5) is 0. The molecular weight excluding hydrogens is 218 g/mol. The van der Waals surface area contributed by atoms with E-state index in [1.807, 2.05) is 0 Å². The van der Waals surface area contributed by atoms with Crippen molar-refractivity contribution in [3.63, 3.8) is 0 Å². The van der Waals surface area contributed by atoms with Gasteiger partial charge in [0, 0.05) is 18.5 Å². The summed E-state index contributed by atoms with van der Waals surface area (Å²) >= 11 is 5.88. The summed E-state index contributed by atoms with van der Waals surface area (Å²) in [6.45, 7) is 9.58. The van der Waals surface area contributed by atoms with Crippen molar-refractivity contribution in [2.24, 2.45) is 0 Å². The van der Waals surface area contributed by atoms with Gasteiger partial charge in [0.05, 0.1) is 0 Å². The zero-order chi connectivity index (χ0) is 12.1. The Kier molecular flexibility index (Phi) is 5.30. The van der Waals surface area contributed by atoms with Crippen LogP contribution in [-0.2, 0) is 6.54 Å². The van der Waals surface area contributed by atoms with Gasteiger partial charge in [-0.15, -0.1) is 11.6 Å². The van der Waals surface area contributed by atoms with Gasteiger partial charge in [-0.25, -0.2) is 0 Å². The lowest BCUT2D eigenvalue weighted by atomic mass is 9.99. The average molecular weight is 240 g/mol. The minimum atomic E-state index is 0.418. The third-order valence-electron chi connectivity index (χ3n) is 3.09. The fourth-order valence-corrected chi connectivity index (χ4v) is 2.37. The van der Waals surface area contributed by atoms with E-state index in [-0.39, 0.29) is 0 Å². The van der Waals surface area contributed by atoms with E-state index in [0.29, 0.717) is 11.9 Å². The van der Waals surface area contributed by atoms with E-state index in [0.717, 1.165) is 13.0 Å². The molecule has 0 aliphatic carbocycles. The average Bonchev–Trinajstić information content (AvgIpc) is 2.22. The second-order valence-corrected chi connectivity index (χ2v) is 4.83. The molecule has 1 unspecified atom stereocenters. The first-order valence-corrected chi connectivity index (χ1v) is 6.48. The van der Waals surface area contributed by atoms with Gasteiger partial charge in [-0.1, -0.05) is 24.6 Å². The first kappa shape index (κ1) is 13.5. The number of nitrogens with one attached hydrogen (secondary N) is 1. The quantitative estimate of drug-likeness (QED) is 0.773. The Bertz CT molecular complexity index is 320. The molecule has 0 spiro atoms. The molecule has 90 valence electrons. The molecule has 0 amide bonds. The van der Waals surface area contributed by atoms with Crippen LogP contribution in [0.1, 0.15) is 35.6 Å². The van der Waals surface area contributed by atoms with Gasteiger partial charge in [-0.05, 0) is 43.9 Å². The minimum Gasteiger partial charge on any atom is -0.309 e. The molecule has 0 fully saturated rings. The predicted octanol–water partition coefficient (Wildman–Crippen LogP) is 3.72. The lowest BCUT2D eigenvalue weighted by Gasteiger charge is -2.17. The van der Waals surface area contributed by atoms with E-state index >= 15 is 0 Å². The second-order valence-electron chi connectivity index (χ2n) is 4.52. The molecule has 0 saturated heterocycles. The number of hydrogen-bond donors (Lipinski definition) is 1. The smallest absolute Gasteiger partial charge is 0.0377 e. The standard InChI is InChI=1S/C14H22ClN/c1-5-13(8-15)16-9-14-11(3)6-10(2)7-12(14)4/h6-7,13,16H,5,8-9H2,1-4H3. The molecular formula is C14H22ClN. The van der Waals surface area contributed by atoms with Crippen molar-refractivity contribution in [1.29, 1.82) is 0 Å². The predicted molar refractivity (Wildman–Crippen MR) is 72.3 cm³/mol. The van der Waals surface area contributed by atoms with Gasteiger partial charge in [0.15, 0.2) is 0 Å². The van der Waals surface area contributed by atoms with E-state index in [1.54, 1.807) is 0 Å². The fraction of sp³-hybridized carbons (Fsp3) is 0.571. The number of alkyl halides is 1. The second kappa shape index (κ2) is 6.27. The van der Waals surface area contributed by atoms with Crippen molar-refractivity contribution in [1.82, 2.24) is 5.32 Å². The molecule has 0 aliphatic rings. The van der Waals surface area contributed by atoms with E-state index in [1.165, 1.54) is 22.3 Å². The molecule has 0 heterocycles. The van der Waals surface area contributed by atoms with Crippen molar-refractivity contribution in [3.8, 4) is 0 Å². The molecule has 0 aromatic heterocycles. The van der Waals surface area contributed by atoms with Crippen LogP contribution in [-0.4, -0.2) is 11.9 Å². The lowest BCUT2D eigenvalue weighted by Crippen LogP contribution is -2.29. The maximum Gasteiger partial charge on any atom is 0.0377 e. The fourth-order valence-electron chi connectivity index (χ4n) is 2.04. The summed E-state index contributed by atoms with van der Waals surface area (Å²) in [6.07, 6.45) is 1.08. The van der Waals surface area contributed by atoms with E-state index in [4.69, 9.17) is 11.6 Å². The van der Waals surface area contributed by atoms with Crippen LogP contribution in [0.5, 0.6) is 0 Å². The summed E-state index contributed by atoms with van der Waals surface area (Å²) < 4.78 is 0. The number of halogens is 1. The molecule has 1 N–H and O–H groups in total. The first-order valence-electron chi connectivity index (χ1n) is 5.94. The van der Waals surface area contributed by atoms with Crippen molar-refractivity contribution in [2.45, 2.75) is 46.7 Å². The van der Waals surface area contributed by atoms with E-state index in [9.17, 15) is 0 Å². The van der Waals surface area contributed by atoms with Crippen molar-refractivity contribution in [3.05, 3.63) is 34.4 Å². The van der Waals surface area contributed by atoms with Gasteiger partial charge < -0.3 is 5.32 Å². The minimum absolute atomic E-state index is 0.418. The molecule has 1 rings (SSSR count). The van der Waals surface area contributed by atoms with Gasteiger partial charge in [0.2, 0.25) is 0 Å². The molecule has 0 aliphatic heterocycles. The maximum absolute atomic E-state index is 5.88. The first-order chi connectivity index (χ1) is 7.58. The van der Waals surface area contributed by atoms with Crippen LogP contribution >= 0.6 is 11.6 Å². The Hall–Kier alpha value is -0.530. The largest absolute Gasteiger partial charge is 0.309 e. The van der Waals surface area contributed by atoms with Gasteiger partial charge in [0.25, 0.3) is 0 Å². The summed E-state index contributed by atoms with van der Waals surface area (Å²) in [5.41, 5.74) is 5.49. The van der Waals surface area contributed by atoms with Crippen LogP contribution < -0.4 is 5.32 Å². The Morgan fingerprint density at radius 3 is 2.19 bits per heavy atom. The Morgan fingerprint density at radius 1 is 1.19 bits per heavy atom. The van der Waals surface area contributed by atoms with Crippen LogP contribution in [0.4, 0.5) is 0 Å². The summed E-state index contributed by atoms with van der Waals surface area (Å²) in [5, 5.41) is 3.50. The summed E-state index contributed by atoms with van der Waals surface area (Å²) in [5.74, 6) is 0.681. The molecule has 1 aromatic carbocycles. The van der Waals surface area contributed by atoms with Gasteiger partial charge >= 0.3 is 0 Å². The monoisotopic (exact) mass is 239 g/mol. The van der Waals surface area contributed by atoms with Gasteiger partial charge in [-0.3, -0.25) is 0 Å². The van der Waals surface area contributed by atoms with Crippen molar-refractivity contribution < 1.29 is 0 Å². The summed E-state index contributed by atoms with van der Waals surface area (Å²) in [6, 6.07) is 4.90. The van der Waals surface area contributed by atoms with Crippen LogP contribution in [0.15, 0.2) is 12.1 Å². The highest BCUT2D eigenvalue weighted by atomic mass is 35.5. The Balaban J connectivity index is 2.74. The van der Waals surface area contributed by atoms with E-state index in [2.05, 4.69) is 45.1 Å². The SMILES string of the molecule is CCC(CCl)NCc1c(C)cc(C)cc1C.